The number of hydrogen-bond acceptors (Lipinski definition) is 2. The van der Waals surface area contributed by atoms with E-state index in [0.717, 1.165) is 12.1 Å². The van der Waals surface area contributed by atoms with Crippen LogP contribution in [0, 0.1) is 11.6 Å². The van der Waals surface area contributed by atoms with Crippen molar-refractivity contribution in [2.45, 2.75) is 12.8 Å². The minimum atomic E-state index is -4.95. The van der Waals surface area contributed by atoms with Crippen molar-refractivity contribution in [1.82, 2.24) is 9.97 Å². The molecule has 3 rings (SSSR count). The molecule has 0 saturated heterocycles. The number of benzene rings is 2. The highest BCUT2D eigenvalue weighted by atomic mass is 19.4. The van der Waals surface area contributed by atoms with Crippen molar-refractivity contribution in [1.29, 1.82) is 0 Å². The summed E-state index contributed by atoms with van der Waals surface area (Å²) in [6.07, 6.45) is -4.80. The maximum atomic E-state index is 13.6. The highest BCUT2D eigenvalue weighted by Crippen LogP contribution is 2.26. The molecule has 0 aliphatic heterocycles. The fraction of sp³-hybridized carbons (Fsp3) is 0.133. The molecule has 0 atom stereocenters. The van der Waals surface area contributed by atoms with Gasteiger partial charge in [0.25, 0.3) is 0 Å². The van der Waals surface area contributed by atoms with Crippen molar-refractivity contribution in [3.63, 3.8) is 0 Å². The molecule has 1 N–H and O–H groups in total. The Morgan fingerprint density at radius 1 is 1.04 bits per heavy atom. The van der Waals surface area contributed by atoms with E-state index in [0.29, 0.717) is 22.4 Å². The van der Waals surface area contributed by atoms with Gasteiger partial charge in [0, 0.05) is 6.42 Å². The van der Waals surface area contributed by atoms with Gasteiger partial charge < -0.3 is 9.72 Å². The lowest BCUT2D eigenvalue weighted by molar-refractivity contribution is -0.275. The average molecular weight is 328 g/mol. The second-order valence-electron chi connectivity index (χ2n) is 4.83. The van der Waals surface area contributed by atoms with Crippen molar-refractivity contribution < 1.29 is 26.7 Å². The summed E-state index contributed by atoms with van der Waals surface area (Å²) in [5.41, 5.74) is 1.42. The fourth-order valence-electron chi connectivity index (χ4n) is 2.17. The Labute approximate surface area is 126 Å². The lowest BCUT2D eigenvalue weighted by Crippen LogP contribution is -2.18. The summed E-state index contributed by atoms with van der Waals surface area (Å²) in [5, 5.41) is 0. The van der Waals surface area contributed by atoms with Crippen LogP contribution < -0.4 is 4.74 Å². The lowest BCUT2D eigenvalue weighted by atomic mass is 10.1. The first-order valence-electron chi connectivity index (χ1n) is 6.48. The number of fused-ring (bicyclic) bond motifs is 1. The molecule has 0 amide bonds. The number of aromatic amines is 1. The van der Waals surface area contributed by atoms with Crippen molar-refractivity contribution in [3.8, 4) is 5.75 Å². The summed E-state index contributed by atoms with van der Waals surface area (Å²) in [7, 11) is 0. The number of H-pyrrole nitrogens is 1. The summed E-state index contributed by atoms with van der Waals surface area (Å²) < 4.78 is 66.6. The van der Waals surface area contributed by atoms with E-state index in [1.165, 1.54) is 24.3 Å². The first-order chi connectivity index (χ1) is 10.8. The molecule has 0 radical (unpaired) electrons. The zero-order chi connectivity index (χ0) is 16.6. The number of rotatable bonds is 3. The van der Waals surface area contributed by atoms with Gasteiger partial charge in [0.2, 0.25) is 0 Å². The van der Waals surface area contributed by atoms with Gasteiger partial charge in [0.05, 0.1) is 11.0 Å². The molecular weight excluding hydrogens is 319 g/mol. The van der Waals surface area contributed by atoms with Gasteiger partial charge in [-0.05, 0) is 35.9 Å². The van der Waals surface area contributed by atoms with Crippen LogP contribution in [-0.4, -0.2) is 16.3 Å². The molecule has 0 spiro atoms. The van der Waals surface area contributed by atoms with Gasteiger partial charge in [-0.3, -0.25) is 0 Å². The molecule has 0 aliphatic rings. The van der Waals surface area contributed by atoms with Crippen LogP contribution in [0.25, 0.3) is 11.0 Å². The first-order valence-corrected chi connectivity index (χ1v) is 6.48. The largest absolute Gasteiger partial charge is 0.573 e. The van der Waals surface area contributed by atoms with Crippen LogP contribution in [0.15, 0.2) is 36.4 Å². The van der Waals surface area contributed by atoms with E-state index in [2.05, 4.69) is 14.7 Å². The van der Waals surface area contributed by atoms with Gasteiger partial charge >= 0.3 is 6.36 Å². The van der Waals surface area contributed by atoms with E-state index >= 15 is 0 Å². The Bertz CT molecular complexity index is 857. The average Bonchev–Trinajstić information content (AvgIpc) is 2.82. The maximum absolute atomic E-state index is 13.6. The highest BCUT2D eigenvalue weighted by molar-refractivity contribution is 5.75. The third kappa shape index (κ3) is 3.58. The molecule has 3 aromatic rings. The summed E-state index contributed by atoms with van der Waals surface area (Å²) in [6.45, 7) is 0. The number of hydrogen-bond donors (Lipinski definition) is 1. The third-order valence-corrected chi connectivity index (χ3v) is 3.09. The first kappa shape index (κ1) is 15.3. The van der Waals surface area contributed by atoms with E-state index in [9.17, 15) is 22.0 Å². The molecule has 3 nitrogen and oxygen atoms in total. The van der Waals surface area contributed by atoms with Gasteiger partial charge in [-0.15, -0.1) is 13.2 Å². The molecule has 0 saturated carbocycles. The predicted octanol–water partition coefficient (Wildman–Crippen LogP) is 4.33. The number of aromatic nitrogens is 2. The molecular formula is C15H9F5N2O. The number of halogens is 5. The molecule has 0 bridgehead atoms. The second-order valence-corrected chi connectivity index (χ2v) is 4.83. The lowest BCUT2D eigenvalue weighted by Gasteiger charge is -2.10. The summed E-state index contributed by atoms with van der Waals surface area (Å²) in [6, 6.07) is 7.17. The summed E-state index contributed by atoms with van der Waals surface area (Å²) in [5.74, 6) is -2.00. The monoisotopic (exact) mass is 328 g/mol. The van der Waals surface area contributed by atoms with Crippen LogP contribution in [0.1, 0.15) is 11.4 Å². The van der Waals surface area contributed by atoms with E-state index in [-0.39, 0.29) is 6.42 Å². The molecule has 2 aromatic carbocycles. The van der Waals surface area contributed by atoms with Gasteiger partial charge in [-0.2, -0.15) is 0 Å². The Balaban J connectivity index is 1.83. The minimum absolute atomic E-state index is 0.152. The molecule has 120 valence electrons. The highest BCUT2D eigenvalue weighted by Gasteiger charge is 2.32. The molecule has 8 heteroatoms. The van der Waals surface area contributed by atoms with Crippen LogP contribution in [0.4, 0.5) is 22.0 Å². The van der Waals surface area contributed by atoms with Crippen LogP contribution in [0.5, 0.6) is 5.75 Å². The number of alkyl halides is 3. The maximum Gasteiger partial charge on any atom is 0.573 e. The number of nitrogens with one attached hydrogen (secondary N) is 1. The van der Waals surface area contributed by atoms with Crippen molar-refractivity contribution >= 4 is 11.0 Å². The molecule has 0 fully saturated rings. The fourth-order valence-corrected chi connectivity index (χ4v) is 2.17. The Morgan fingerprint density at radius 2 is 1.83 bits per heavy atom. The van der Waals surface area contributed by atoms with Crippen molar-refractivity contribution in [3.05, 3.63) is 59.4 Å². The van der Waals surface area contributed by atoms with Gasteiger partial charge in [-0.1, -0.05) is 6.07 Å². The Kier molecular flexibility index (Phi) is 3.67. The zero-order valence-electron chi connectivity index (χ0n) is 11.4. The Hall–Kier alpha value is -2.64. The third-order valence-electron chi connectivity index (χ3n) is 3.09. The SMILES string of the molecule is Fc1ccc2nc(Cc3ccc(OC(F)(F)F)c(F)c3)[nH]c2c1. The molecule has 23 heavy (non-hydrogen) atoms. The molecule has 1 heterocycles. The van der Waals surface area contributed by atoms with Gasteiger partial charge in [0.15, 0.2) is 11.6 Å². The summed E-state index contributed by atoms with van der Waals surface area (Å²) in [4.78, 5) is 7.08. The van der Waals surface area contributed by atoms with Gasteiger partial charge in [0.1, 0.15) is 11.6 Å². The van der Waals surface area contributed by atoms with Crippen LogP contribution in [-0.2, 0) is 6.42 Å². The summed E-state index contributed by atoms with van der Waals surface area (Å²) >= 11 is 0. The second kappa shape index (κ2) is 5.53. The van der Waals surface area contributed by atoms with Crippen LogP contribution >= 0.6 is 0 Å². The van der Waals surface area contributed by atoms with E-state index in [1.54, 1.807) is 0 Å². The van der Waals surface area contributed by atoms with Gasteiger partial charge in [-0.25, -0.2) is 13.8 Å². The van der Waals surface area contributed by atoms with E-state index < -0.39 is 23.7 Å². The number of nitrogens with zero attached hydrogens (tertiary/aromatic N) is 1. The van der Waals surface area contributed by atoms with Crippen LogP contribution in [0.3, 0.4) is 0 Å². The van der Waals surface area contributed by atoms with Crippen molar-refractivity contribution in [2.75, 3.05) is 0 Å². The van der Waals surface area contributed by atoms with E-state index in [4.69, 9.17) is 0 Å². The quantitative estimate of drug-likeness (QED) is 0.727. The topological polar surface area (TPSA) is 37.9 Å². The van der Waals surface area contributed by atoms with Crippen LogP contribution in [0.2, 0.25) is 0 Å². The smallest absolute Gasteiger partial charge is 0.403 e. The Morgan fingerprint density at radius 3 is 2.52 bits per heavy atom. The minimum Gasteiger partial charge on any atom is -0.403 e. The van der Waals surface area contributed by atoms with Crippen molar-refractivity contribution in [2.24, 2.45) is 0 Å². The predicted molar refractivity (Wildman–Crippen MR) is 71.9 cm³/mol. The number of ether oxygens (including phenoxy) is 1. The normalized spacial score (nSPS) is 11.9. The number of imidazole rings is 1. The van der Waals surface area contributed by atoms with E-state index in [1.807, 2.05) is 0 Å². The molecule has 0 unspecified atom stereocenters. The molecule has 0 aliphatic carbocycles. The molecule has 1 aromatic heterocycles. The standard InChI is InChI=1S/C15H9F5N2O/c16-9-2-3-11-12(7-9)22-14(21-11)6-8-1-4-13(10(17)5-8)23-15(18,19)20/h1-5,7H,6H2,(H,21,22). The zero-order valence-corrected chi connectivity index (χ0v) is 11.4.